The summed E-state index contributed by atoms with van der Waals surface area (Å²) in [5.41, 5.74) is 1.41. The third-order valence-electron chi connectivity index (χ3n) is 2.85. The average Bonchev–Trinajstić information content (AvgIpc) is 2.40. The van der Waals surface area contributed by atoms with Gasteiger partial charge in [0.1, 0.15) is 5.82 Å². The highest BCUT2D eigenvalue weighted by atomic mass is 16.1. The Morgan fingerprint density at radius 1 is 1.11 bits per heavy atom. The maximum Gasteiger partial charge on any atom is 0.267 e. The number of fused-ring (bicyclic) bond motifs is 1. The molecule has 0 atom stereocenters. The van der Waals surface area contributed by atoms with Crippen LogP contribution in [0.5, 0.6) is 0 Å². The van der Waals surface area contributed by atoms with E-state index in [0.29, 0.717) is 16.7 Å². The van der Waals surface area contributed by atoms with Crippen molar-refractivity contribution in [2.24, 2.45) is 0 Å². The van der Waals surface area contributed by atoms with Gasteiger partial charge in [-0.15, -0.1) is 0 Å². The van der Waals surface area contributed by atoms with Crippen LogP contribution in [0.2, 0.25) is 0 Å². The lowest BCUT2D eigenvalue weighted by Crippen LogP contribution is -2.22. The van der Waals surface area contributed by atoms with Gasteiger partial charge in [0.05, 0.1) is 16.6 Å². The van der Waals surface area contributed by atoms with Crippen molar-refractivity contribution in [2.75, 3.05) is 0 Å². The zero-order valence-corrected chi connectivity index (χ0v) is 9.87. The summed E-state index contributed by atoms with van der Waals surface area (Å²) in [7, 11) is 0. The maximum absolute atomic E-state index is 12.4. The number of aromatic nitrogens is 3. The highest BCUT2D eigenvalue weighted by molar-refractivity contribution is 5.76. The monoisotopic (exact) mass is 237 g/mol. The summed E-state index contributed by atoms with van der Waals surface area (Å²) < 4.78 is 1.60. The zero-order chi connectivity index (χ0) is 12.5. The third kappa shape index (κ3) is 1.59. The van der Waals surface area contributed by atoms with Crippen LogP contribution in [0, 0.1) is 6.92 Å². The molecule has 0 amide bonds. The van der Waals surface area contributed by atoms with Crippen molar-refractivity contribution in [3.8, 4) is 5.69 Å². The van der Waals surface area contributed by atoms with Crippen LogP contribution in [0.1, 0.15) is 5.82 Å². The van der Waals surface area contributed by atoms with Gasteiger partial charge in [0, 0.05) is 12.4 Å². The Balaban J connectivity index is 2.41. The SMILES string of the molecule is Cc1nc2ccncc2c(=O)n1-c1ccccc1. The molecule has 0 aliphatic rings. The number of nitrogens with zero attached hydrogens (tertiary/aromatic N) is 3. The fraction of sp³-hybridized carbons (Fsp3) is 0.0714. The van der Waals surface area contributed by atoms with Crippen LogP contribution in [-0.4, -0.2) is 14.5 Å². The topological polar surface area (TPSA) is 47.8 Å². The molecule has 0 saturated carbocycles. The largest absolute Gasteiger partial charge is 0.268 e. The van der Waals surface area contributed by atoms with Gasteiger partial charge in [0.15, 0.2) is 0 Å². The van der Waals surface area contributed by atoms with Gasteiger partial charge < -0.3 is 0 Å². The van der Waals surface area contributed by atoms with Crippen LogP contribution in [0.3, 0.4) is 0 Å². The summed E-state index contributed by atoms with van der Waals surface area (Å²) in [6.45, 7) is 1.83. The summed E-state index contributed by atoms with van der Waals surface area (Å²) in [6, 6.07) is 11.2. The van der Waals surface area contributed by atoms with Crippen molar-refractivity contribution in [1.29, 1.82) is 0 Å². The Morgan fingerprint density at radius 3 is 2.67 bits per heavy atom. The van der Waals surface area contributed by atoms with Crippen LogP contribution in [0.4, 0.5) is 0 Å². The molecule has 0 N–H and O–H groups in total. The summed E-state index contributed by atoms with van der Waals surface area (Å²) in [6.07, 6.45) is 3.20. The van der Waals surface area contributed by atoms with E-state index in [9.17, 15) is 4.79 Å². The Kier molecular flexibility index (Phi) is 2.41. The summed E-state index contributed by atoms with van der Waals surface area (Å²) in [5, 5.41) is 0.534. The second-order valence-corrected chi connectivity index (χ2v) is 4.03. The number of pyridine rings is 1. The number of benzene rings is 1. The molecule has 4 heteroatoms. The summed E-state index contributed by atoms with van der Waals surface area (Å²) in [5.74, 6) is 0.671. The molecule has 2 aromatic heterocycles. The van der Waals surface area contributed by atoms with E-state index in [1.165, 1.54) is 0 Å². The molecule has 3 aromatic rings. The first-order valence-electron chi connectivity index (χ1n) is 5.66. The second-order valence-electron chi connectivity index (χ2n) is 4.03. The van der Waals surface area contributed by atoms with Gasteiger partial charge in [-0.2, -0.15) is 0 Å². The first kappa shape index (κ1) is 10.7. The van der Waals surface area contributed by atoms with E-state index < -0.39 is 0 Å². The second kappa shape index (κ2) is 4.07. The molecule has 4 nitrogen and oxygen atoms in total. The van der Waals surface area contributed by atoms with Gasteiger partial charge in [0.2, 0.25) is 0 Å². The van der Waals surface area contributed by atoms with Crippen LogP contribution in [-0.2, 0) is 0 Å². The molecule has 0 saturated heterocycles. The quantitative estimate of drug-likeness (QED) is 0.651. The molecule has 0 aliphatic heterocycles. The molecule has 88 valence electrons. The predicted octanol–water partition coefficient (Wildman–Crippen LogP) is 2.09. The van der Waals surface area contributed by atoms with Gasteiger partial charge in [-0.05, 0) is 25.1 Å². The van der Waals surface area contributed by atoms with Crippen molar-refractivity contribution in [1.82, 2.24) is 14.5 Å². The molecule has 0 radical (unpaired) electrons. The fourth-order valence-electron chi connectivity index (χ4n) is 2.02. The highest BCUT2D eigenvalue weighted by Gasteiger charge is 2.08. The maximum atomic E-state index is 12.4. The number of hydrogen-bond acceptors (Lipinski definition) is 3. The van der Waals surface area contributed by atoms with Gasteiger partial charge in [0.25, 0.3) is 5.56 Å². The Bertz CT molecular complexity index is 763. The molecule has 18 heavy (non-hydrogen) atoms. The highest BCUT2D eigenvalue weighted by Crippen LogP contribution is 2.10. The van der Waals surface area contributed by atoms with E-state index in [1.54, 1.807) is 23.0 Å². The molecule has 0 bridgehead atoms. The van der Waals surface area contributed by atoms with E-state index in [0.717, 1.165) is 5.69 Å². The van der Waals surface area contributed by atoms with Crippen molar-refractivity contribution >= 4 is 10.9 Å². The zero-order valence-electron chi connectivity index (χ0n) is 9.87. The van der Waals surface area contributed by atoms with Crippen LogP contribution >= 0.6 is 0 Å². The average molecular weight is 237 g/mol. The van der Waals surface area contributed by atoms with Crippen LogP contribution in [0.25, 0.3) is 16.6 Å². The lowest BCUT2D eigenvalue weighted by atomic mass is 10.2. The summed E-state index contributed by atoms with van der Waals surface area (Å²) >= 11 is 0. The van der Waals surface area contributed by atoms with Crippen molar-refractivity contribution in [3.63, 3.8) is 0 Å². The van der Waals surface area contributed by atoms with Crippen LogP contribution < -0.4 is 5.56 Å². The number of aryl methyl sites for hydroxylation is 1. The minimum atomic E-state index is -0.0863. The molecule has 0 fully saturated rings. The number of hydrogen-bond donors (Lipinski definition) is 0. The van der Waals surface area contributed by atoms with E-state index in [-0.39, 0.29) is 5.56 Å². The molecular weight excluding hydrogens is 226 g/mol. The Morgan fingerprint density at radius 2 is 1.89 bits per heavy atom. The summed E-state index contributed by atoms with van der Waals surface area (Å²) in [4.78, 5) is 20.9. The molecule has 0 aliphatic carbocycles. The first-order valence-corrected chi connectivity index (χ1v) is 5.66. The smallest absolute Gasteiger partial charge is 0.267 e. The van der Waals surface area contributed by atoms with Crippen LogP contribution in [0.15, 0.2) is 53.6 Å². The first-order chi connectivity index (χ1) is 8.77. The predicted molar refractivity (Wildman–Crippen MR) is 69.9 cm³/mol. The van der Waals surface area contributed by atoms with E-state index in [2.05, 4.69) is 9.97 Å². The number of para-hydroxylation sites is 1. The van der Waals surface area contributed by atoms with E-state index in [1.807, 2.05) is 37.3 Å². The minimum absolute atomic E-state index is 0.0863. The molecule has 0 unspecified atom stereocenters. The van der Waals surface area contributed by atoms with Gasteiger partial charge in [-0.1, -0.05) is 18.2 Å². The third-order valence-corrected chi connectivity index (χ3v) is 2.85. The Labute approximate surface area is 104 Å². The van der Waals surface area contributed by atoms with Crippen molar-refractivity contribution < 1.29 is 0 Å². The van der Waals surface area contributed by atoms with E-state index in [4.69, 9.17) is 0 Å². The van der Waals surface area contributed by atoms with Crippen molar-refractivity contribution in [3.05, 3.63) is 65.0 Å². The normalized spacial score (nSPS) is 10.7. The number of rotatable bonds is 1. The fourth-order valence-corrected chi connectivity index (χ4v) is 2.02. The van der Waals surface area contributed by atoms with Crippen molar-refractivity contribution in [2.45, 2.75) is 6.92 Å². The molecule has 2 heterocycles. The molecule has 1 aromatic carbocycles. The lowest BCUT2D eigenvalue weighted by molar-refractivity contribution is 0.893. The van der Waals surface area contributed by atoms with Gasteiger partial charge in [-0.3, -0.25) is 14.3 Å². The van der Waals surface area contributed by atoms with Gasteiger partial charge in [-0.25, -0.2) is 4.98 Å². The molecular formula is C14H11N3O. The Hall–Kier alpha value is -2.49. The minimum Gasteiger partial charge on any atom is -0.268 e. The lowest BCUT2D eigenvalue weighted by Gasteiger charge is -2.10. The van der Waals surface area contributed by atoms with E-state index >= 15 is 0 Å². The standard InChI is InChI=1S/C14H11N3O/c1-10-16-13-7-8-15-9-12(13)14(18)17(10)11-5-3-2-4-6-11/h2-9H,1H3. The molecule has 3 rings (SSSR count). The van der Waals surface area contributed by atoms with Gasteiger partial charge >= 0.3 is 0 Å². The molecule has 0 spiro atoms.